The number of carbonyl (C=O) groups is 1. The molecule has 146 valence electrons. The van der Waals surface area contributed by atoms with E-state index in [1.807, 2.05) is 16.7 Å². The van der Waals surface area contributed by atoms with Crippen LogP contribution < -0.4 is 5.43 Å². The molecule has 0 radical (unpaired) electrons. The first-order valence-electron chi connectivity index (χ1n) is 8.22. The Morgan fingerprint density at radius 2 is 1.66 bits per heavy atom. The molecule has 1 heterocycles. The van der Waals surface area contributed by atoms with Crippen molar-refractivity contribution in [1.29, 1.82) is 0 Å². The Morgan fingerprint density at radius 1 is 1.03 bits per heavy atom. The molecule has 29 heavy (non-hydrogen) atoms. The van der Waals surface area contributed by atoms with Crippen molar-refractivity contribution in [3.8, 4) is 5.69 Å². The lowest BCUT2D eigenvalue weighted by molar-refractivity contribution is -0.394. The van der Waals surface area contributed by atoms with Crippen molar-refractivity contribution in [2.24, 2.45) is 5.10 Å². The van der Waals surface area contributed by atoms with Gasteiger partial charge in [-0.25, -0.2) is 10.4 Å². The van der Waals surface area contributed by atoms with Gasteiger partial charge < -0.3 is 4.57 Å². The second-order valence-electron chi connectivity index (χ2n) is 5.91. The molecule has 0 aliphatic heterocycles. The first-order valence-corrected chi connectivity index (χ1v) is 8.22. The van der Waals surface area contributed by atoms with Crippen molar-refractivity contribution in [2.45, 2.75) is 6.92 Å². The van der Waals surface area contributed by atoms with Gasteiger partial charge in [-0.3, -0.25) is 25.0 Å². The molecule has 0 aliphatic carbocycles. The molecule has 2 aromatic carbocycles. The molecule has 3 aromatic rings. The summed E-state index contributed by atoms with van der Waals surface area (Å²) in [4.78, 5) is 36.5. The van der Waals surface area contributed by atoms with Gasteiger partial charge in [-0.05, 0) is 24.6 Å². The minimum absolute atomic E-state index is 0.238. The summed E-state index contributed by atoms with van der Waals surface area (Å²) >= 11 is 0. The Labute approximate surface area is 163 Å². The number of nitrogens with zero attached hydrogens (tertiary/aromatic N) is 5. The van der Waals surface area contributed by atoms with Gasteiger partial charge >= 0.3 is 0 Å². The molecule has 0 spiro atoms. The van der Waals surface area contributed by atoms with E-state index in [0.717, 1.165) is 29.4 Å². The highest BCUT2D eigenvalue weighted by Gasteiger charge is 2.19. The molecule has 1 aromatic heterocycles. The molecule has 0 saturated heterocycles. The zero-order valence-corrected chi connectivity index (χ0v) is 15.1. The Balaban J connectivity index is 1.77. The first kappa shape index (κ1) is 19.4. The molecule has 0 atom stereocenters. The summed E-state index contributed by atoms with van der Waals surface area (Å²) < 4.78 is 1.83. The summed E-state index contributed by atoms with van der Waals surface area (Å²) in [5, 5.41) is 25.8. The summed E-state index contributed by atoms with van der Waals surface area (Å²) in [5.41, 5.74) is 3.02. The largest absolute Gasteiger partial charge is 0.306 e. The van der Waals surface area contributed by atoms with Gasteiger partial charge in [0.05, 0.1) is 33.5 Å². The van der Waals surface area contributed by atoms with Crippen molar-refractivity contribution in [3.05, 3.63) is 92.5 Å². The average Bonchev–Trinajstić information content (AvgIpc) is 3.26. The maximum absolute atomic E-state index is 12.3. The summed E-state index contributed by atoms with van der Waals surface area (Å²) in [6, 6.07) is 9.99. The normalized spacial score (nSPS) is 11.1. The number of hydrogen-bond acceptors (Lipinski definition) is 7. The lowest BCUT2D eigenvalue weighted by Crippen LogP contribution is -2.19. The minimum atomic E-state index is -0.805. The predicted molar refractivity (Wildman–Crippen MR) is 103 cm³/mol. The zero-order chi connectivity index (χ0) is 21.0. The molecule has 1 N–H and O–H groups in total. The Bertz CT molecular complexity index is 1070. The van der Waals surface area contributed by atoms with Crippen LogP contribution in [0.25, 0.3) is 5.69 Å². The second-order valence-corrected chi connectivity index (χ2v) is 5.91. The number of nitro groups is 2. The number of rotatable bonds is 6. The lowest BCUT2D eigenvalue weighted by atomic mass is 10.1. The van der Waals surface area contributed by atoms with E-state index in [2.05, 4.69) is 15.5 Å². The van der Waals surface area contributed by atoms with Crippen LogP contribution in [0, 0.1) is 20.2 Å². The Morgan fingerprint density at radius 3 is 2.17 bits per heavy atom. The van der Waals surface area contributed by atoms with Crippen molar-refractivity contribution in [2.75, 3.05) is 0 Å². The molecular weight excluding hydrogens is 380 g/mol. The molecule has 0 bridgehead atoms. The highest BCUT2D eigenvalue weighted by Crippen LogP contribution is 2.22. The number of carbonyl (C=O) groups excluding carboxylic acids is 1. The van der Waals surface area contributed by atoms with Crippen LogP contribution in [0.5, 0.6) is 0 Å². The van der Waals surface area contributed by atoms with Crippen molar-refractivity contribution >= 4 is 23.0 Å². The van der Waals surface area contributed by atoms with Crippen LogP contribution in [0.4, 0.5) is 11.4 Å². The first-order chi connectivity index (χ1) is 13.8. The minimum Gasteiger partial charge on any atom is -0.306 e. The fraction of sp³-hybridized carbons (Fsp3) is 0.0556. The van der Waals surface area contributed by atoms with E-state index in [9.17, 15) is 25.0 Å². The summed E-state index contributed by atoms with van der Waals surface area (Å²) in [7, 11) is 0. The average molecular weight is 394 g/mol. The monoisotopic (exact) mass is 394 g/mol. The van der Waals surface area contributed by atoms with E-state index < -0.39 is 27.1 Å². The van der Waals surface area contributed by atoms with E-state index in [4.69, 9.17) is 0 Å². The zero-order valence-electron chi connectivity index (χ0n) is 15.1. The number of aromatic nitrogens is 2. The number of amides is 1. The van der Waals surface area contributed by atoms with Gasteiger partial charge in [0.25, 0.3) is 17.3 Å². The fourth-order valence-corrected chi connectivity index (χ4v) is 2.49. The van der Waals surface area contributed by atoms with E-state index in [-0.39, 0.29) is 5.56 Å². The van der Waals surface area contributed by atoms with Gasteiger partial charge in [-0.2, -0.15) is 5.10 Å². The van der Waals surface area contributed by atoms with Gasteiger partial charge in [0.15, 0.2) is 0 Å². The SMILES string of the molecule is C/C(=N\NC(=O)c1cc([N+](=O)[O-])cc([N+](=O)[O-])c1)c1ccc(-n2ccnc2)cc1. The molecule has 0 fully saturated rings. The molecule has 11 nitrogen and oxygen atoms in total. The summed E-state index contributed by atoms with van der Waals surface area (Å²) in [5.74, 6) is -0.800. The topological polar surface area (TPSA) is 146 Å². The number of benzene rings is 2. The number of hydrogen-bond donors (Lipinski definition) is 1. The van der Waals surface area contributed by atoms with Crippen LogP contribution in [-0.4, -0.2) is 31.0 Å². The van der Waals surface area contributed by atoms with Crippen molar-refractivity contribution in [1.82, 2.24) is 15.0 Å². The van der Waals surface area contributed by atoms with Crippen LogP contribution in [0.1, 0.15) is 22.8 Å². The number of nitrogens with one attached hydrogen (secondary N) is 1. The van der Waals surface area contributed by atoms with Gasteiger partial charge in [0.1, 0.15) is 0 Å². The van der Waals surface area contributed by atoms with Crippen LogP contribution in [0.15, 0.2) is 66.3 Å². The van der Waals surface area contributed by atoms with Gasteiger partial charge in [-0.15, -0.1) is 0 Å². The third-order valence-electron chi connectivity index (χ3n) is 4.00. The number of nitro benzene ring substituents is 2. The third-order valence-corrected chi connectivity index (χ3v) is 4.00. The van der Waals surface area contributed by atoms with E-state index in [1.54, 1.807) is 37.8 Å². The lowest BCUT2D eigenvalue weighted by Gasteiger charge is -2.06. The smallest absolute Gasteiger partial charge is 0.277 e. The quantitative estimate of drug-likeness (QED) is 0.386. The van der Waals surface area contributed by atoms with Gasteiger partial charge in [-0.1, -0.05) is 12.1 Å². The van der Waals surface area contributed by atoms with Crippen molar-refractivity contribution in [3.63, 3.8) is 0 Å². The standard InChI is InChI=1S/C18H14N6O5/c1-12(13-2-4-15(5-3-13)22-7-6-19-11-22)20-21-18(25)14-8-16(23(26)27)10-17(9-14)24(28)29/h2-11H,1H3,(H,21,25)/b20-12+. The van der Waals surface area contributed by atoms with Crippen LogP contribution >= 0.6 is 0 Å². The second kappa shape index (κ2) is 8.08. The predicted octanol–water partition coefficient (Wildman–Crippen LogP) is 2.84. The van der Waals surface area contributed by atoms with E-state index in [1.165, 1.54) is 0 Å². The number of imidazole rings is 1. The van der Waals surface area contributed by atoms with Gasteiger partial charge in [0.2, 0.25) is 0 Å². The molecule has 0 aliphatic rings. The molecule has 3 rings (SSSR count). The molecule has 11 heteroatoms. The van der Waals surface area contributed by atoms with E-state index >= 15 is 0 Å². The molecule has 1 amide bonds. The highest BCUT2D eigenvalue weighted by molar-refractivity contribution is 6.01. The summed E-state index contributed by atoms with van der Waals surface area (Å²) in [6.07, 6.45) is 5.12. The van der Waals surface area contributed by atoms with Crippen LogP contribution in [0.3, 0.4) is 0 Å². The molecular formula is C18H14N6O5. The Hall–Kier alpha value is -4.41. The van der Waals surface area contributed by atoms with Crippen molar-refractivity contribution < 1.29 is 14.6 Å². The third kappa shape index (κ3) is 4.47. The number of non-ortho nitro benzene ring substituents is 2. The van der Waals surface area contributed by atoms with Crippen LogP contribution in [-0.2, 0) is 0 Å². The Kier molecular flexibility index (Phi) is 5.39. The highest BCUT2D eigenvalue weighted by atomic mass is 16.6. The van der Waals surface area contributed by atoms with Crippen LogP contribution in [0.2, 0.25) is 0 Å². The number of hydrazone groups is 1. The fourth-order valence-electron chi connectivity index (χ4n) is 2.49. The maximum Gasteiger partial charge on any atom is 0.277 e. The molecule has 0 saturated carbocycles. The van der Waals surface area contributed by atoms with Gasteiger partial charge in [0, 0.05) is 30.2 Å². The molecule has 0 unspecified atom stereocenters. The van der Waals surface area contributed by atoms with E-state index in [0.29, 0.717) is 5.71 Å². The summed E-state index contributed by atoms with van der Waals surface area (Å²) in [6.45, 7) is 1.67. The maximum atomic E-state index is 12.3.